The SMILES string of the molecule is N/C(=N\O)C(NC(=O)c1ccsc1)C1CCCCC1. The Labute approximate surface area is 116 Å². The van der Waals surface area contributed by atoms with Crippen LogP contribution >= 0.6 is 11.3 Å². The third kappa shape index (κ3) is 3.47. The van der Waals surface area contributed by atoms with Crippen LogP contribution in [0, 0.1) is 5.92 Å². The number of thiophene rings is 1. The molecule has 4 N–H and O–H groups in total. The van der Waals surface area contributed by atoms with E-state index in [1.165, 1.54) is 17.8 Å². The Balaban J connectivity index is 2.07. The van der Waals surface area contributed by atoms with Gasteiger partial charge in [-0.15, -0.1) is 0 Å². The van der Waals surface area contributed by atoms with Crippen LogP contribution in [0.3, 0.4) is 0 Å². The standard InChI is InChI=1S/C13H19N3O2S/c14-12(16-18)11(9-4-2-1-3-5-9)15-13(17)10-6-7-19-8-10/h6-9,11,18H,1-5H2,(H2,14,16)(H,15,17). The molecular formula is C13H19N3O2S. The van der Waals surface area contributed by atoms with Crippen molar-refractivity contribution in [1.82, 2.24) is 5.32 Å². The molecule has 1 aromatic heterocycles. The van der Waals surface area contributed by atoms with Crippen molar-refractivity contribution in [3.8, 4) is 0 Å². The van der Waals surface area contributed by atoms with Gasteiger partial charge in [0.2, 0.25) is 0 Å². The second-order valence-corrected chi connectivity index (χ2v) is 5.67. The van der Waals surface area contributed by atoms with Gasteiger partial charge in [0.1, 0.15) is 0 Å². The quantitative estimate of drug-likeness (QED) is 0.342. The molecule has 1 atom stereocenters. The van der Waals surface area contributed by atoms with Gasteiger partial charge in [0.15, 0.2) is 5.84 Å². The summed E-state index contributed by atoms with van der Waals surface area (Å²) in [6.45, 7) is 0. The molecular weight excluding hydrogens is 262 g/mol. The maximum atomic E-state index is 12.1. The summed E-state index contributed by atoms with van der Waals surface area (Å²) in [4.78, 5) is 12.1. The summed E-state index contributed by atoms with van der Waals surface area (Å²) < 4.78 is 0. The summed E-state index contributed by atoms with van der Waals surface area (Å²) in [5, 5.41) is 18.5. The number of hydrogen-bond acceptors (Lipinski definition) is 4. The van der Waals surface area contributed by atoms with E-state index < -0.39 is 0 Å². The van der Waals surface area contributed by atoms with E-state index in [0.29, 0.717) is 5.56 Å². The fourth-order valence-electron chi connectivity index (χ4n) is 2.58. The Bertz CT molecular complexity index is 439. The normalized spacial score (nSPS) is 19.1. The predicted molar refractivity (Wildman–Crippen MR) is 75.6 cm³/mol. The van der Waals surface area contributed by atoms with Crippen LogP contribution < -0.4 is 11.1 Å². The number of nitrogens with two attached hydrogens (primary N) is 1. The molecule has 0 saturated heterocycles. The number of nitrogens with zero attached hydrogens (tertiary/aromatic N) is 1. The molecule has 1 amide bonds. The van der Waals surface area contributed by atoms with Gasteiger partial charge in [-0.3, -0.25) is 4.79 Å². The summed E-state index contributed by atoms with van der Waals surface area (Å²) in [6.07, 6.45) is 5.50. The zero-order valence-electron chi connectivity index (χ0n) is 10.7. The van der Waals surface area contributed by atoms with Crippen molar-refractivity contribution >= 4 is 23.1 Å². The van der Waals surface area contributed by atoms with E-state index in [1.807, 2.05) is 5.38 Å². The van der Waals surface area contributed by atoms with Crippen molar-refractivity contribution in [2.24, 2.45) is 16.8 Å². The van der Waals surface area contributed by atoms with Crippen molar-refractivity contribution in [2.75, 3.05) is 0 Å². The summed E-state index contributed by atoms with van der Waals surface area (Å²) in [5.74, 6) is 0.186. The number of oxime groups is 1. The largest absolute Gasteiger partial charge is 0.409 e. The van der Waals surface area contributed by atoms with Crippen molar-refractivity contribution < 1.29 is 10.0 Å². The van der Waals surface area contributed by atoms with Crippen LogP contribution in [0.25, 0.3) is 0 Å². The highest BCUT2D eigenvalue weighted by molar-refractivity contribution is 7.08. The first-order chi connectivity index (χ1) is 9.22. The van der Waals surface area contributed by atoms with Crippen LogP contribution in [0.4, 0.5) is 0 Å². The number of amides is 1. The molecule has 0 aromatic carbocycles. The topological polar surface area (TPSA) is 87.7 Å². The van der Waals surface area contributed by atoms with Gasteiger partial charge in [-0.05, 0) is 30.2 Å². The average molecular weight is 281 g/mol. The van der Waals surface area contributed by atoms with Gasteiger partial charge < -0.3 is 16.3 Å². The highest BCUT2D eigenvalue weighted by atomic mass is 32.1. The van der Waals surface area contributed by atoms with Gasteiger partial charge in [0, 0.05) is 5.38 Å². The minimum Gasteiger partial charge on any atom is -0.409 e. The van der Waals surface area contributed by atoms with Gasteiger partial charge in [0.25, 0.3) is 5.91 Å². The van der Waals surface area contributed by atoms with Crippen LogP contribution in [0.1, 0.15) is 42.5 Å². The summed E-state index contributed by atoms with van der Waals surface area (Å²) in [6, 6.07) is 1.39. The van der Waals surface area contributed by atoms with E-state index in [4.69, 9.17) is 10.9 Å². The van der Waals surface area contributed by atoms with E-state index in [1.54, 1.807) is 11.4 Å². The van der Waals surface area contributed by atoms with E-state index in [-0.39, 0.29) is 23.7 Å². The molecule has 6 heteroatoms. The van der Waals surface area contributed by atoms with Crippen molar-refractivity contribution in [1.29, 1.82) is 0 Å². The number of rotatable bonds is 4. The Hall–Kier alpha value is -1.56. The first-order valence-electron chi connectivity index (χ1n) is 6.53. The number of nitrogens with one attached hydrogen (secondary N) is 1. The lowest BCUT2D eigenvalue weighted by atomic mass is 9.83. The van der Waals surface area contributed by atoms with E-state index >= 15 is 0 Å². The molecule has 0 bridgehead atoms. The molecule has 1 aromatic rings. The zero-order chi connectivity index (χ0) is 13.7. The lowest BCUT2D eigenvalue weighted by molar-refractivity contribution is 0.0931. The monoisotopic (exact) mass is 281 g/mol. The first-order valence-corrected chi connectivity index (χ1v) is 7.47. The molecule has 2 rings (SSSR count). The molecule has 1 saturated carbocycles. The third-order valence-electron chi connectivity index (χ3n) is 3.63. The second-order valence-electron chi connectivity index (χ2n) is 4.89. The van der Waals surface area contributed by atoms with Gasteiger partial charge in [-0.25, -0.2) is 0 Å². The predicted octanol–water partition coefficient (Wildman–Crippen LogP) is 2.17. The number of carbonyl (C=O) groups excluding carboxylic acids is 1. The van der Waals surface area contributed by atoms with E-state index in [9.17, 15) is 4.79 Å². The van der Waals surface area contributed by atoms with Crippen molar-refractivity contribution in [3.63, 3.8) is 0 Å². The maximum absolute atomic E-state index is 12.1. The van der Waals surface area contributed by atoms with Gasteiger partial charge in [-0.1, -0.05) is 24.4 Å². The number of amidine groups is 1. The highest BCUT2D eigenvalue weighted by Crippen LogP contribution is 2.26. The highest BCUT2D eigenvalue weighted by Gasteiger charge is 2.28. The molecule has 1 unspecified atom stereocenters. The maximum Gasteiger partial charge on any atom is 0.252 e. The Morgan fingerprint density at radius 3 is 2.79 bits per heavy atom. The van der Waals surface area contributed by atoms with Crippen LogP contribution in [-0.2, 0) is 0 Å². The zero-order valence-corrected chi connectivity index (χ0v) is 11.5. The fraction of sp³-hybridized carbons (Fsp3) is 0.538. The van der Waals surface area contributed by atoms with Crippen LogP contribution in [-0.4, -0.2) is 23.0 Å². The molecule has 1 aliphatic rings. The first kappa shape index (κ1) is 13.9. The molecule has 0 aliphatic heterocycles. The number of carbonyl (C=O) groups is 1. The van der Waals surface area contributed by atoms with Gasteiger partial charge in [0.05, 0.1) is 11.6 Å². The molecule has 0 radical (unpaired) electrons. The summed E-state index contributed by atoms with van der Waals surface area (Å²) in [7, 11) is 0. The van der Waals surface area contributed by atoms with Crippen LogP contribution in [0.15, 0.2) is 22.0 Å². The average Bonchev–Trinajstić information content (AvgIpc) is 2.99. The molecule has 0 spiro atoms. The lowest BCUT2D eigenvalue weighted by Crippen LogP contribution is -2.49. The minimum atomic E-state index is -0.377. The molecule has 104 valence electrons. The smallest absolute Gasteiger partial charge is 0.252 e. The third-order valence-corrected chi connectivity index (χ3v) is 4.31. The Morgan fingerprint density at radius 1 is 1.47 bits per heavy atom. The van der Waals surface area contributed by atoms with E-state index in [2.05, 4.69) is 10.5 Å². The Kier molecular flexibility index (Phi) is 4.79. The lowest BCUT2D eigenvalue weighted by Gasteiger charge is -2.29. The summed E-state index contributed by atoms with van der Waals surface area (Å²) in [5.41, 5.74) is 6.36. The summed E-state index contributed by atoms with van der Waals surface area (Å²) >= 11 is 1.47. The molecule has 5 nitrogen and oxygen atoms in total. The molecule has 1 fully saturated rings. The minimum absolute atomic E-state index is 0.0930. The molecule has 19 heavy (non-hydrogen) atoms. The van der Waals surface area contributed by atoms with Crippen LogP contribution in [0.5, 0.6) is 0 Å². The van der Waals surface area contributed by atoms with Gasteiger partial charge in [-0.2, -0.15) is 11.3 Å². The second kappa shape index (κ2) is 6.56. The molecule has 1 heterocycles. The van der Waals surface area contributed by atoms with Gasteiger partial charge >= 0.3 is 0 Å². The Morgan fingerprint density at radius 2 is 2.21 bits per heavy atom. The van der Waals surface area contributed by atoms with Crippen molar-refractivity contribution in [3.05, 3.63) is 22.4 Å². The van der Waals surface area contributed by atoms with Crippen molar-refractivity contribution in [2.45, 2.75) is 38.1 Å². The molecule has 1 aliphatic carbocycles. The van der Waals surface area contributed by atoms with E-state index in [0.717, 1.165) is 25.7 Å². The number of hydrogen-bond donors (Lipinski definition) is 3. The van der Waals surface area contributed by atoms with Crippen LogP contribution in [0.2, 0.25) is 0 Å². The fourth-order valence-corrected chi connectivity index (χ4v) is 3.22.